The molecule has 6 heteroatoms. The zero-order valence-electron chi connectivity index (χ0n) is 6.16. The van der Waals surface area contributed by atoms with Gasteiger partial charge in [0.2, 0.25) is 11.8 Å². The molecule has 12 heavy (non-hydrogen) atoms. The predicted octanol–water partition coefficient (Wildman–Crippen LogP) is 0.683. The Bertz CT molecular complexity index is 356. The lowest BCUT2D eigenvalue weighted by Crippen LogP contribution is -2.18. The van der Waals surface area contributed by atoms with Gasteiger partial charge in [-0.3, -0.25) is 4.79 Å². The van der Waals surface area contributed by atoms with E-state index >= 15 is 0 Å². The molecule has 1 fully saturated rings. The van der Waals surface area contributed by atoms with Gasteiger partial charge in [0.15, 0.2) is 0 Å². The Labute approximate surface area is 73.2 Å². The first-order chi connectivity index (χ1) is 5.75. The van der Waals surface area contributed by atoms with Gasteiger partial charge in [0.1, 0.15) is 6.04 Å². The number of hydrogen-bond acceptors (Lipinski definition) is 4. The molecule has 1 aliphatic heterocycles. The summed E-state index contributed by atoms with van der Waals surface area (Å²) in [7, 11) is 0. The second-order valence-corrected chi connectivity index (χ2v) is 2.98. The fourth-order valence-corrected chi connectivity index (χ4v) is 1.32. The molecule has 0 aromatic carbocycles. The van der Waals surface area contributed by atoms with Crippen molar-refractivity contribution in [3.63, 3.8) is 0 Å². The van der Waals surface area contributed by atoms with E-state index in [4.69, 9.17) is 16.6 Å². The first kappa shape index (κ1) is 7.48. The molecule has 2 rings (SSSR count). The Hall–Kier alpha value is -1.17. The van der Waals surface area contributed by atoms with Crippen molar-refractivity contribution in [1.82, 2.24) is 15.5 Å². The van der Waals surface area contributed by atoms with Gasteiger partial charge in [-0.2, -0.15) is 0 Å². The van der Waals surface area contributed by atoms with Crippen molar-refractivity contribution in [3.8, 4) is 0 Å². The summed E-state index contributed by atoms with van der Waals surface area (Å²) >= 11 is 4.70. The molecule has 2 heterocycles. The summed E-state index contributed by atoms with van der Waals surface area (Å²) in [5, 5.41) is 9.05. The highest BCUT2D eigenvalue weighted by Crippen LogP contribution is 2.21. The Morgan fingerprint density at radius 2 is 2.50 bits per heavy atom. The van der Waals surface area contributed by atoms with E-state index in [0.29, 0.717) is 12.3 Å². The van der Waals surface area contributed by atoms with E-state index < -0.39 is 0 Å². The van der Waals surface area contributed by atoms with E-state index in [2.05, 4.69) is 15.5 Å². The average molecular weight is 185 g/mol. The van der Waals surface area contributed by atoms with Crippen molar-refractivity contribution in [1.29, 1.82) is 0 Å². The smallest absolute Gasteiger partial charge is 0.284 e. The number of carbonyl (C=O) groups excluding carboxylic acids is 1. The molecule has 0 aliphatic carbocycles. The molecular weight excluding hydrogens is 178 g/mol. The molecule has 1 saturated heterocycles. The Kier molecular flexibility index (Phi) is 1.69. The maximum absolute atomic E-state index is 10.8. The molecule has 0 spiro atoms. The second-order valence-electron chi connectivity index (χ2n) is 2.61. The first-order valence-corrected chi connectivity index (χ1v) is 4.01. The van der Waals surface area contributed by atoms with Crippen LogP contribution in [0.4, 0.5) is 0 Å². The zero-order valence-corrected chi connectivity index (χ0v) is 6.98. The summed E-state index contributed by atoms with van der Waals surface area (Å²) in [6.07, 6.45) is 1.25. The minimum absolute atomic E-state index is 0.0316. The lowest BCUT2D eigenvalue weighted by atomic mass is 10.2. The van der Waals surface area contributed by atoms with Crippen molar-refractivity contribution in [3.05, 3.63) is 10.7 Å². The molecule has 1 atom stereocenters. The number of rotatable bonds is 1. The minimum Gasteiger partial charge on any atom is -0.412 e. The van der Waals surface area contributed by atoms with Crippen LogP contribution >= 0.6 is 12.2 Å². The number of aromatic amines is 1. The van der Waals surface area contributed by atoms with Crippen LogP contribution in [0.1, 0.15) is 24.8 Å². The molecule has 1 amide bonds. The molecular formula is C6H7N3O2S. The predicted molar refractivity (Wildman–Crippen MR) is 41.8 cm³/mol. The van der Waals surface area contributed by atoms with Gasteiger partial charge < -0.3 is 9.73 Å². The highest BCUT2D eigenvalue weighted by Gasteiger charge is 2.25. The number of aromatic nitrogens is 2. The third-order valence-corrected chi connectivity index (χ3v) is 1.92. The van der Waals surface area contributed by atoms with E-state index in [1.807, 2.05) is 0 Å². The third-order valence-electron chi connectivity index (χ3n) is 1.75. The highest BCUT2D eigenvalue weighted by atomic mass is 32.1. The van der Waals surface area contributed by atoms with Crippen LogP contribution < -0.4 is 5.32 Å². The number of nitrogens with zero attached hydrogens (tertiary/aromatic N) is 1. The van der Waals surface area contributed by atoms with Gasteiger partial charge in [-0.05, 0) is 18.6 Å². The van der Waals surface area contributed by atoms with Crippen molar-refractivity contribution < 1.29 is 9.21 Å². The molecule has 2 N–H and O–H groups in total. The molecule has 0 radical (unpaired) electrons. The van der Waals surface area contributed by atoms with Crippen LogP contribution in [-0.4, -0.2) is 16.1 Å². The monoisotopic (exact) mass is 185 g/mol. The van der Waals surface area contributed by atoms with Gasteiger partial charge in [0.25, 0.3) is 4.84 Å². The molecule has 1 aromatic heterocycles. The summed E-state index contributed by atoms with van der Waals surface area (Å²) in [6, 6.07) is -0.106. The van der Waals surface area contributed by atoms with Crippen molar-refractivity contribution in [2.24, 2.45) is 0 Å². The van der Waals surface area contributed by atoms with Crippen LogP contribution in [0, 0.1) is 4.84 Å². The molecule has 1 aliphatic rings. The minimum atomic E-state index is -0.106. The largest absolute Gasteiger partial charge is 0.412 e. The summed E-state index contributed by atoms with van der Waals surface area (Å²) in [6.45, 7) is 0. The van der Waals surface area contributed by atoms with Crippen LogP contribution in [0.25, 0.3) is 0 Å². The van der Waals surface area contributed by atoms with Gasteiger partial charge >= 0.3 is 0 Å². The molecule has 1 aromatic rings. The fourth-order valence-electron chi connectivity index (χ4n) is 1.19. The number of H-pyrrole nitrogens is 1. The number of carbonyl (C=O) groups is 1. The van der Waals surface area contributed by atoms with E-state index in [1.165, 1.54) is 0 Å². The van der Waals surface area contributed by atoms with Gasteiger partial charge in [0.05, 0.1) is 0 Å². The van der Waals surface area contributed by atoms with Gasteiger partial charge in [0, 0.05) is 6.42 Å². The first-order valence-electron chi connectivity index (χ1n) is 3.60. The summed E-state index contributed by atoms with van der Waals surface area (Å²) < 4.78 is 5.05. The zero-order chi connectivity index (χ0) is 8.55. The summed E-state index contributed by atoms with van der Waals surface area (Å²) in [4.78, 5) is 11.1. The topological polar surface area (TPSA) is 70.9 Å². The summed E-state index contributed by atoms with van der Waals surface area (Å²) in [5.74, 6) is 0.495. The normalized spacial score (nSPS) is 22.7. The third kappa shape index (κ3) is 1.25. The lowest BCUT2D eigenvalue weighted by Gasteiger charge is -2.01. The lowest BCUT2D eigenvalue weighted by molar-refractivity contribution is -0.119. The number of nitrogens with one attached hydrogen (secondary N) is 2. The molecule has 0 saturated carbocycles. The maximum atomic E-state index is 10.8. The molecule has 5 nitrogen and oxygen atoms in total. The Balaban J connectivity index is 2.21. The van der Waals surface area contributed by atoms with Crippen molar-refractivity contribution in [2.45, 2.75) is 18.9 Å². The Morgan fingerprint density at radius 3 is 3.00 bits per heavy atom. The fraction of sp³-hybridized carbons (Fsp3) is 0.500. The second kappa shape index (κ2) is 2.71. The molecule has 0 bridgehead atoms. The maximum Gasteiger partial charge on any atom is 0.284 e. The SMILES string of the molecule is O=C1CCC(c2n[nH]c(=S)o2)N1. The number of amides is 1. The van der Waals surface area contributed by atoms with Crippen molar-refractivity contribution >= 4 is 18.1 Å². The molecule has 64 valence electrons. The van der Waals surface area contributed by atoms with Crippen LogP contribution in [0.2, 0.25) is 0 Å². The van der Waals surface area contributed by atoms with Gasteiger partial charge in [-0.1, -0.05) is 0 Å². The van der Waals surface area contributed by atoms with Crippen LogP contribution in [0.15, 0.2) is 4.42 Å². The molecule has 1 unspecified atom stereocenters. The van der Waals surface area contributed by atoms with E-state index in [9.17, 15) is 4.79 Å². The van der Waals surface area contributed by atoms with Crippen LogP contribution in [-0.2, 0) is 4.79 Å². The van der Waals surface area contributed by atoms with Crippen LogP contribution in [0.3, 0.4) is 0 Å². The Morgan fingerprint density at radius 1 is 1.67 bits per heavy atom. The van der Waals surface area contributed by atoms with E-state index in [1.54, 1.807) is 0 Å². The summed E-state index contributed by atoms with van der Waals surface area (Å²) in [5.41, 5.74) is 0. The van der Waals surface area contributed by atoms with Crippen molar-refractivity contribution in [2.75, 3.05) is 0 Å². The standard InChI is InChI=1S/C6H7N3O2S/c10-4-2-1-3(7-4)5-8-9-6(12)11-5/h3H,1-2H2,(H,7,10)(H,9,12). The average Bonchev–Trinajstić information content (AvgIpc) is 2.58. The highest BCUT2D eigenvalue weighted by molar-refractivity contribution is 7.71. The quantitative estimate of drug-likeness (QED) is 0.631. The number of hydrogen-bond donors (Lipinski definition) is 2. The van der Waals surface area contributed by atoms with E-state index in [0.717, 1.165) is 6.42 Å². The van der Waals surface area contributed by atoms with E-state index in [-0.39, 0.29) is 16.8 Å². The van der Waals surface area contributed by atoms with Crippen LogP contribution in [0.5, 0.6) is 0 Å². The van der Waals surface area contributed by atoms with Gasteiger partial charge in [-0.15, -0.1) is 5.10 Å². The van der Waals surface area contributed by atoms with Gasteiger partial charge in [-0.25, -0.2) is 5.10 Å².